The summed E-state index contributed by atoms with van der Waals surface area (Å²) < 4.78 is 10.6. The Balaban J connectivity index is 1.53. The van der Waals surface area contributed by atoms with E-state index in [9.17, 15) is 9.59 Å². The van der Waals surface area contributed by atoms with Crippen molar-refractivity contribution in [3.05, 3.63) is 137 Å². The summed E-state index contributed by atoms with van der Waals surface area (Å²) in [6.07, 6.45) is 4.58. The fraction of sp³-hybridized carbons (Fsp3) is 0.156. The number of para-hydroxylation sites is 1. The van der Waals surface area contributed by atoms with E-state index in [-0.39, 0.29) is 5.56 Å². The molecule has 0 bridgehead atoms. The summed E-state index contributed by atoms with van der Waals surface area (Å²) in [5.74, 6) is -0.472. The van der Waals surface area contributed by atoms with Gasteiger partial charge >= 0.3 is 5.97 Å². The summed E-state index contributed by atoms with van der Waals surface area (Å²) in [7, 11) is 1.36. The van der Waals surface area contributed by atoms with E-state index in [1.165, 1.54) is 24.0 Å². The van der Waals surface area contributed by atoms with Crippen molar-refractivity contribution >= 4 is 50.2 Å². The molecule has 0 spiro atoms. The molecule has 200 valence electrons. The van der Waals surface area contributed by atoms with Gasteiger partial charge in [0, 0.05) is 33.7 Å². The molecule has 5 aromatic rings. The van der Waals surface area contributed by atoms with Gasteiger partial charge in [0.15, 0.2) is 4.80 Å². The second-order valence-electron chi connectivity index (χ2n) is 9.55. The van der Waals surface area contributed by atoms with Gasteiger partial charge in [-0.3, -0.25) is 9.36 Å². The van der Waals surface area contributed by atoms with Gasteiger partial charge in [0.25, 0.3) is 5.56 Å². The number of hydrogen-bond donors (Lipinski definition) is 0. The number of thiazole rings is 1. The Morgan fingerprint density at radius 3 is 2.50 bits per heavy atom. The molecule has 0 aliphatic carbocycles. The van der Waals surface area contributed by atoms with Crippen LogP contribution in [0.2, 0.25) is 0 Å². The van der Waals surface area contributed by atoms with Crippen molar-refractivity contribution in [2.75, 3.05) is 7.11 Å². The normalized spacial score (nSPS) is 15.3. The third-order valence-corrected chi connectivity index (χ3v) is 8.65. The van der Waals surface area contributed by atoms with Crippen LogP contribution >= 0.6 is 27.3 Å². The fourth-order valence-electron chi connectivity index (χ4n) is 5.26. The highest BCUT2D eigenvalue weighted by Gasteiger charge is 2.33. The van der Waals surface area contributed by atoms with Crippen molar-refractivity contribution in [2.24, 2.45) is 4.99 Å². The number of halogens is 1. The number of rotatable bonds is 6. The van der Waals surface area contributed by atoms with E-state index in [2.05, 4.69) is 51.0 Å². The van der Waals surface area contributed by atoms with Crippen molar-refractivity contribution < 1.29 is 9.53 Å². The molecule has 0 amide bonds. The quantitative estimate of drug-likeness (QED) is 0.236. The molecular formula is C32H26BrN3O3S. The molecule has 0 N–H and O–H groups in total. The van der Waals surface area contributed by atoms with Crippen LogP contribution in [0.3, 0.4) is 0 Å². The molecule has 0 fully saturated rings. The van der Waals surface area contributed by atoms with Crippen LogP contribution in [0.25, 0.3) is 17.0 Å². The van der Waals surface area contributed by atoms with Gasteiger partial charge in [0.2, 0.25) is 0 Å². The van der Waals surface area contributed by atoms with Crippen molar-refractivity contribution in [3.8, 4) is 0 Å². The van der Waals surface area contributed by atoms with Crippen LogP contribution in [-0.4, -0.2) is 22.2 Å². The third-order valence-electron chi connectivity index (χ3n) is 7.14. The molecule has 0 unspecified atom stereocenters. The fourth-order valence-corrected chi connectivity index (χ4v) is 6.54. The lowest BCUT2D eigenvalue weighted by Crippen LogP contribution is -2.40. The van der Waals surface area contributed by atoms with Crippen molar-refractivity contribution in [3.63, 3.8) is 0 Å². The maximum absolute atomic E-state index is 14.0. The molecule has 40 heavy (non-hydrogen) atoms. The summed E-state index contributed by atoms with van der Waals surface area (Å²) in [6, 6.07) is 25.5. The molecule has 1 atom stereocenters. The van der Waals surface area contributed by atoms with E-state index < -0.39 is 12.0 Å². The Kier molecular flexibility index (Phi) is 7.12. The average Bonchev–Trinajstić information content (AvgIpc) is 3.49. The van der Waals surface area contributed by atoms with Crippen molar-refractivity contribution in [2.45, 2.75) is 25.9 Å². The number of benzene rings is 3. The summed E-state index contributed by atoms with van der Waals surface area (Å²) in [4.78, 5) is 32.4. The first-order chi connectivity index (χ1) is 19.5. The van der Waals surface area contributed by atoms with Gasteiger partial charge in [-0.1, -0.05) is 94.9 Å². The number of ether oxygens (including phenoxy) is 1. The summed E-state index contributed by atoms with van der Waals surface area (Å²) in [5, 5.41) is 1.06. The minimum Gasteiger partial charge on any atom is -0.466 e. The molecule has 3 aromatic carbocycles. The van der Waals surface area contributed by atoms with Crippen molar-refractivity contribution in [1.29, 1.82) is 0 Å². The zero-order chi connectivity index (χ0) is 27.8. The summed E-state index contributed by atoms with van der Waals surface area (Å²) in [6.45, 7) is 2.66. The number of hydrogen-bond acceptors (Lipinski definition) is 5. The van der Waals surface area contributed by atoms with E-state index in [1.54, 1.807) is 4.57 Å². The minimum atomic E-state index is -0.610. The number of carbonyl (C=O) groups is 1. The SMILES string of the molecule is CCC1=C(C(=O)OC)[C@@H](c2ccccc2)n2c(s/c(=C/c3cn(Cc4ccc(Br)cc4)c4ccccc34)c2=O)=N1. The first-order valence-electron chi connectivity index (χ1n) is 13.0. The first kappa shape index (κ1) is 26.2. The van der Waals surface area contributed by atoms with Gasteiger partial charge in [-0.25, -0.2) is 9.79 Å². The molecule has 0 saturated heterocycles. The standard InChI is InChI=1S/C32H26BrN3O3S/c1-3-25-28(31(38)39-2)29(21-9-5-4-6-10-21)36-30(37)27(40-32(36)34-25)17-22-19-35(26-12-8-7-11-24(22)26)18-20-13-15-23(33)16-14-20/h4-17,19,29H,3,18H2,1-2H3/b27-17+/t29-/m1/s1. The molecule has 8 heteroatoms. The second-order valence-corrected chi connectivity index (χ2v) is 11.5. The first-order valence-corrected chi connectivity index (χ1v) is 14.6. The average molecular weight is 613 g/mol. The van der Waals surface area contributed by atoms with E-state index in [0.717, 1.165) is 26.5 Å². The van der Waals surface area contributed by atoms with Gasteiger partial charge in [0.1, 0.15) is 0 Å². The molecule has 1 aliphatic rings. The molecule has 6 rings (SSSR count). The smallest absolute Gasteiger partial charge is 0.338 e. The lowest BCUT2D eigenvalue weighted by molar-refractivity contribution is -0.136. The number of allylic oxidation sites excluding steroid dienone is 1. The molecule has 0 saturated carbocycles. The van der Waals surface area contributed by atoms with Gasteiger partial charge < -0.3 is 9.30 Å². The Morgan fingerprint density at radius 1 is 1.05 bits per heavy atom. The highest BCUT2D eigenvalue weighted by atomic mass is 79.9. The van der Waals surface area contributed by atoms with Gasteiger partial charge in [-0.2, -0.15) is 0 Å². The zero-order valence-corrected chi connectivity index (χ0v) is 24.4. The Labute approximate surface area is 243 Å². The maximum atomic E-state index is 14.0. The van der Waals surface area contributed by atoms with Crippen LogP contribution < -0.4 is 14.9 Å². The molecule has 0 radical (unpaired) electrons. The lowest BCUT2D eigenvalue weighted by atomic mass is 9.95. The number of methoxy groups -OCH3 is 1. The summed E-state index contributed by atoms with van der Waals surface area (Å²) >= 11 is 4.85. The van der Waals surface area contributed by atoms with Gasteiger partial charge in [-0.15, -0.1) is 0 Å². The van der Waals surface area contributed by atoms with Gasteiger partial charge in [0.05, 0.1) is 29.0 Å². The number of carbonyl (C=O) groups excluding carboxylic acids is 1. The topological polar surface area (TPSA) is 65.6 Å². The van der Waals surface area contributed by atoms with Crippen LogP contribution in [0.4, 0.5) is 0 Å². The number of esters is 1. The largest absolute Gasteiger partial charge is 0.466 e. The molecule has 2 aromatic heterocycles. The van der Waals surface area contributed by atoms with E-state index >= 15 is 0 Å². The lowest BCUT2D eigenvalue weighted by Gasteiger charge is -2.25. The van der Waals surface area contributed by atoms with Crippen molar-refractivity contribution in [1.82, 2.24) is 9.13 Å². The third kappa shape index (κ3) is 4.67. The monoisotopic (exact) mass is 611 g/mol. The zero-order valence-electron chi connectivity index (χ0n) is 22.0. The van der Waals surface area contributed by atoms with E-state index in [4.69, 9.17) is 9.73 Å². The van der Waals surface area contributed by atoms with Crippen LogP contribution in [0, 0.1) is 0 Å². The Bertz CT molecular complexity index is 1950. The molecular weight excluding hydrogens is 586 g/mol. The number of aromatic nitrogens is 2. The predicted molar refractivity (Wildman–Crippen MR) is 162 cm³/mol. The van der Waals surface area contributed by atoms with Crippen LogP contribution in [0.5, 0.6) is 0 Å². The highest BCUT2D eigenvalue weighted by molar-refractivity contribution is 9.10. The molecule has 3 heterocycles. The Morgan fingerprint density at radius 2 is 1.77 bits per heavy atom. The van der Waals surface area contributed by atoms with Crippen LogP contribution in [0.15, 0.2) is 111 Å². The minimum absolute atomic E-state index is 0.182. The van der Waals surface area contributed by atoms with E-state index in [1.807, 2.05) is 67.6 Å². The van der Waals surface area contributed by atoms with E-state index in [0.29, 0.717) is 33.6 Å². The second kappa shape index (κ2) is 10.9. The van der Waals surface area contributed by atoms with Gasteiger partial charge in [-0.05, 0) is 41.8 Å². The van der Waals surface area contributed by atoms with Crippen LogP contribution in [-0.2, 0) is 16.1 Å². The highest BCUT2D eigenvalue weighted by Crippen LogP contribution is 2.32. The van der Waals surface area contributed by atoms with Crippen LogP contribution in [0.1, 0.15) is 36.1 Å². The number of nitrogens with zero attached hydrogens (tertiary/aromatic N) is 3. The predicted octanol–water partition coefficient (Wildman–Crippen LogP) is 5.56. The molecule has 1 aliphatic heterocycles. The Hall–Kier alpha value is -4.01. The summed E-state index contributed by atoms with van der Waals surface area (Å²) in [5.41, 5.74) is 4.92. The number of fused-ring (bicyclic) bond motifs is 2. The maximum Gasteiger partial charge on any atom is 0.338 e. The molecule has 6 nitrogen and oxygen atoms in total.